The van der Waals surface area contributed by atoms with Gasteiger partial charge in [0.1, 0.15) is 0 Å². The molecule has 0 amide bonds. The zero-order chi connectivity index (χ0) is 14.5. The quantitative estimate of drug-likeness (QED) is 0.877. The number of hydrogen-bond acceptors (Lipinski definition) is 5. The van der Waals surface area contributed by atoms with Gasteiger partial charge < -0.3 is 15.0 Å². The summed E-state index contributed by atoms with van der Waals surface area (Å²) in [5.74, 6) is -1.32. The number of halogens is 2. The van der Waals surface area contributed by atoms with Crippen LogP contribution in [0.2, 0.25) is 0 Å². The molecule has 0 spiro atoms. The molecule has 1 heterocycles. The molecule has 2 N–H and O–H groups in total. The zero-order valence-electron chi connectivity index (χ0n) is 11.0. The van der Waals surface area contributed by atoms with Crippen LogP contribution in [0.15, 0.2) is 16.7 Å². The first-order valence-corrected chi connectivity index (χ1v) is 6.26. The van der Waals surface area contributed by atoms with Crippen LogP contribution in [0.3, 0.4) is 0 Å². The molecule has 0 atom stereocenters. The maximum absolute atomic E-state index is 13.7. The van der Waals surface area contributed by atoms with Gasteiger partial charge in [0.2, 0.25) is 0 Å². The summed E-state index contributed by atoms with van der Waals surface area (Å²) in [6.07, 6.45) is 1.01. The summed E-state index contributed by atoms with van der Waals surface area (Å²) in [6.45, 7) is 2.00. The monoisotopic (exact) mass is 283 g/mol. The molecule has 0 bridgehead atoms. The average molecular weight is 283 g/mol. The molecule has 2 aromatic rings. The number of hydrogen-bond donors (Lipinski definition) is 1. The van der Waals surface area contributed by atoms with Gasteiger partial charge in [0, 0.05) is 6.42 Å². The Morgan fingerprint density at radius 1 is 1.30 bits per heavy atom. The third kappa shape index (κ3) is 3.30. The molecular formula is C13H15F2N3O2. The van der Waals surface area contributed by atoms with E-state index in [4.69, 9.17) is 15.0 Å². The van der Waals surface area contributed by atoms with Crippen molar-refractivity contribution in [3.05, 3.63) is 41.0 Å². The van der Waals surface area contributed by atoms with E-state index < -0.39 is 17.4 Å². The van der Waals surface area contributed by atoms with Crippen molar-refractivity contribution in [1.82, 2.24) is 10.1 Å². The topological polar surface area (TPSA) is 74.2 Å². The highest BCUT2D eigenvalue weighted by molar-refractivity contribution is 5.31. The Morgan fingerprint density at radius 2 is 2.00 bits per heavy atom. The molecule has 0 aliphatic carbocycles. The van der Waals surface area contributed by atoms with Gasteiger partial charge in [-0.05, 0) is 30.7 Å². The van der Waals surface area contributed by atoms with E-state index in [1.54, 1.807) is 0 Å². The fourth-order valence-corrected chi connectivity index (χ4v) is 1.69. The van der Waals surface area contributed by atoms with Gasteiger partial charge in [-0.3, -0.25) is 0 Å². The molecular weight excluding hydrogens is 268 g/mol. The highest BCUT2D eigenvalue weighted by Gasteiger charge is 2.14. The highest BCUT2D eigenvalue weighted by Crippen LogP contribution is 2.24. The minimum atomic E-state index is -0.774. The Kier molecular flexibility index (Phi) is 4.62. The molecule has 0 saturated carbocycles. The predicted molar refractivity (Wildman–Crippen MR) is 67.1 cm³/mol. The second-order valence-corrected chi connectivity index (χ2v) is 4.17. The average Bonchev–Trinajstić information content (AvgIpc) is 2.86. The molecule has 0 fully saturated rings. The maximum Gasteiger partial charge on any atom is 0.264 e. The molecule has 5 nitrogen and oxygen atoms in total. The van der Waals surface area contributed by atoms with Gasteiger partial charge in [0.15, 0.2) is 29.8 Å². The smallest absolute Gasteiger partial charge is 0.264 e. The van der Waals surface area contributed by atoms with Crippen LogP contribution >= 0.6 is 0 Å². The Morgan fingerprint density at radius 3 is 2.55 bits per heavy atom. The second kappa shape index (κ2) is 6.42. The number of rotatable bonds is 6. The number of ether oxygens (including phenoxy) is 1. The number of aromatic nitrogens is 2. The van der Waals surface area contributed by atoms with Crippen molar-refractivity contribution in [3.8, 4) is 5.75 Å². The minimum absolute atomic E-state index is 0.173. The van der Waals surface area contributed by atoms with Gasteiger partial charge in [-0.15, -0.1) is 0 Å². The van der Waals surface area contributed by atoms with Gasteiger partial charge in [0.25, 0.3) is 5.89 Å². The molecule has 0 aliphatic rings. The van der Waals surface area contributed by atoms with Gasteiger partial charge in [-0.1, -0.05) is 12.1 Å². The van der Waals surface area contributed by atoms with E-state index in [0.717, 1.165) is 0 Å². The summed E-state index contributed by atoms with van der Waals surface area (Å²) in [5.41, 5.74) is 5.83. The number of benzene rings is 1. The number of nitrogens with zero attached hydrogens (tertiary/aromatic N) is 2. The van der Waals surface area contributed by atoms with Crippen LogP contribution in [-0.4, -0.2) is 16.7 Å². The zero-order valence-corrected chi connectivity index (χ0v) is 11.0. The Bertz CT molecular complexity index is 564. The normalized spacial score (nSPS) is 10.8. The lowest BCUT2D eigenvalue weighted by atomic mass is 10.1. The van der Waals surface area contributed by atoms with Crippen molar-refractivity contribution < 1.29 is 18.0 Å². The number of aryl methyl sites for hydroxylation is 1. The molecule has 2 rings (SSSR count). The summed E-state index contributed by atoms with van der Waals surface area (Å²) < 4.78 is 37.4. The maximum atomic E-state index is 13.7. The van der Waals surface area contributed by atoms with E-state index >= 15 is 0 Å². The molecule has 0 radical (unpaired) electrons. The van der Waals surface area contributed by atoms with E-state index in [1.807, 2.05) is 6.92 Å². The van der Waals surface area contributed by atoms with Crippen molar-refractivity contribution in [1.29, 1.82) is 0 Å². The molecule has 7 heteroatoms. The fourth-order valence-electron chi connectivity index (χ4n) is 1.69. The van der Waals surface area contributed by atoms with Crippen LogP contribution in [0.25, 0.3) is 0 Å². The van der Waals surface area contributed by atoms with Gasteiger partial charge in [-0.2, -0.15) is 4.98 Å². The molecule has 0 unspecified atom stereocenters. The Hall–Kier alpha value is -2.02. The Labute approximate surface area is 114 Å². The summed E-state index contributed by atoms with van der Waals surface area (Å²) in [6, 6.07) is 2.41. The lowest BCUT2D eigenvalue weighted by molar-refractivity contribution is 0.224. The van der Waals surface area contributed by atoms with E-state index in [0.29, 0.717) is 30.8 Å². The van der Waals surface area contributed by atoms with Crippen LogP contribution in [-0.2, 0) is 19.4 Å². The summed E-state index contributed by atoms with van der Waals surface area (Å²) in [7, 11) is 0. The van der Waals surface area contributed by atoms with Crippen LogP contribution in [0.4, 0.5) is 8.78 Å². The van der Waals surface area contributed by atoms with Crippen molar-refractivity contribution in [2.75, 3.05) is 6.54 Å². The third-order valence-corrected chi connectivity index (χ3v) is 2.66. The van der Waals surface area contributed by atoms with Gasteiger partial charge >= 0.3 is 0 Å². The van der Waals surface area contributed by atoms with Gasteiger partial charge in [-0.25, -0.2) is 8.78 Å². The fraction of sp³-hybridized carbons (Fsp3) is 0.385. The lowest BCUT2D eigenvalue weighted by Crippen LogP contribution is -2.05. The lowest BCUT2D eigenvalue weighted by Gasteiger charge is -2.08. The van der Waals surface area contributed by atoms with Gasteiger partial charge in [0.05, 0.1) is 0 Å². The molecule has 1 aromatic carbocycles. The highest BCUT2D eigenvalue weighted by atomic mass is 19.1. The molecule has 0 saturated heterocycles. The molecule has 108 valence electrons. The van der Waals surface area contributed by atoms with Crippen LogP contribution in [0, 0.1) is 11.6 Å². The number of nitrogens with two attached hydrogens (primary N) is 1. The SMILES string of the molecule is CCc1noc(COc2c(F)cc(CCN)cc2F)n1. The second-order valence-electron chi connectivity index (χ2n) is 4.17. The van der Waals surface area contributed by atoms with Crippen LogP contribution in [0.5, 0.6) is 5.75 Å². The van der Waals surface area contributed by atoms with Crippen molar-refractivity contribution in [2.24, 2.45) is 5.73 Å². The Balaban J connectivity index is 2.09. The minimum Gasteiger partial charge on any atom is -0.478 e. The third-order valence-electron chi connectivity index (χ3n) is 2.66. The first kappa shape index (κ1) is 14.4. The standard InChI is InChI=1S/C13H15F2N3O2/c1-2-11-17-12(20-18-11)7-19-13-9(14)5-8(3-4-16)6-10(13)15/h5-6H,2-4,7,16H2,1H3. The predicted octanol–water partition coefficient (Wildman–Crippen LogP) is 1.99. The summed E-state index contributed by atoms with van der Waals surface area (Å²) >= 11 is 0. The molecule has 20 heavy (non-hydrogen) atoms. The van der Waals surface area contributed by atoms with E-state index in [-0.39, 0.29) is 12.5 Å². The van der Waals surface area contributed by atoms with Crippen molar-refractivity contribution >= 4 is 0 Å². The first-order chi connectivity index (χ1) is 9.63. The first-order valence-electron chi connectivity index (χ1n) is 6.26. The van der Waals surface area contributed by atoms with E-state index in [2.05, 4.69) is 10.1 Å². The van der Waals surface area contributed by atoms with Crippen molar-refractivity contribution in [2.45, 2.75) is 26.4 Å². The summed E-state index contributed by atoms with van der Waals surface area (Å²) in [4.78, 5) is 3.99. The summed E-state index contributed by atoms with van der Waals surface area (Å²) in [5, 5.41) is 3.66. The van der Waals surface area contributed by atoms with Crippen LogP contribution in [0.1, 0.15) is 24.2 Å². The largest absolute Gasteiger partial charge is 0.478 e. The van der Waals surface area contributed by atoms with Crippen LogP contribution < -0.4 is 10.5 Å². The van der Waals surface area contributed by atoms with Crippen molar-refractivity contribution in [3.63, 3.8) is 0 Å². The molecule has 0 aliphatic heterocycles. The van der Waals surface area contributed by atoms with E-state index in [9.17, 15) is 8.78 Å². The molecule has 1 aromatic heterocycles. The van der Waals surface area contributed by atoms with E-state index in [1.165, 1.54) is 12.1 Å².